The molecular formula is C14H14N2O3. The van der Waals surface area contributed by atoms with Gasteiger partial charge >= 0.3 is 5.97 Å². The number of amides is 1. The maximum absolute atomic E-state index is 11.9. The molecule has 1 aromatic heterocycles. The molecule has 0 saturated carbocycles. The van der Waals surface area contributed by atoms with Crippen molar-refractivity contribution in [2.24, 2.45) is 5.92 Å². The lowest BCUT2D eigenvalue weighted by Crippen LogP contribution is -2.31. The highest BCUT2D eigenvalue weighted by atomic mass is 16.4. The van der Waals surface area contributed by atoms with Crippen LogP contribution >= 0.6 is 0 Å². The molecule has 0 radical (unpaired) electrons. The van der Waals surface area contributed by atoms with Gasteiger partial charge in [0.05, 0.1) is 11.4 Å². The maximum Gasteiger partial charge on any atom is 0.308 e. The summed E-state index contributed by atoms with van der Waals surface area (Å²) in [6.45, 7) is 1.66. The monoisotopic (exact) mass is 258 g/mol. The van der Waals surface area contributed by atoms with Gasteiger partial charge in [0, 0.05) is 23.7 Å². The van der Waals surface area contributed by atoms with Gasteiger partial charge in [0.15, 0.2) is 0 Å². The first-order valence-electron chi connectivity index (χ1n) is 5.93. The van der Waals surface area contributed by atoms with Crippen molar-refractivity contribution in [1.82, 2.24) is 10.3 Å². The number of carboxylic acids is 1. The standard InChI is InChI=1S/C14H14N2O3/c1-9(14(18)19)8-16-13(17)11-4-5-12-10(7-11)3-2-6-15-12/h2-7,9H,8H2,1H3,(H,16,17)(H,18,19). The van der Waals surface area contributed by atoms with Crippen molar-refractivity contribution in [3.8, 4) is 0 Å². The molecule has 1 heterocycles. The average molecular weight is 258 g/mol. The number of carbonyl (C=O) groups excluding carboxylic acids is 1. The van der Waals surface area contributed by atoms with Crippen LogP contribution in [0.5, 0.6) is 0 Å². The summed E-state index contributed by atoms with van der Waals surface area (Å²) in [5, 5.41) is 12.2. The number of carbonyl (C=O) groups is 2. The Labute approximate surface area is 110 Å². The summed E-state index contributed by atoms with van der Waals surface area (Å²) in [6, 6.07) is 8.86. The molecule has 5 nitrogen and oxygen atoms in total. The van der Waals surface area contributed by atoms with Crippen LogP contribution in [0.4, 0.5) is 0 Å². The number of rotatable bonds is 4. The zero-order valence-electron chi connectivity index (χ0n) is 10.5. The van der Waals surface area contributed by atoms with E-state index in [0.717, 1.165) is 10.9 Å². The highest BCUT2D eigenvalue weighted by molar-refractivity contribution is 5.98. The smallest absolute Gasteiger partial charge is 0.308 e. The number of carboxylic acid groups (broad SMARTS) is 1. The molecule has 1 amide bonds. The molecule has 98 valence electrons. The molecule has 19 heavy (non-hydrogen) atoms. The van der Waals surface area contributed by atoms with E-state index < -0.39 is 11.9 Å². The Morgan fingerprint density at radius 1 is 1.37 bits per heavy atom. The lowest BCUT2D eigenvalue weighted by Gasteiger charge is -2.08. The van der Waals surface area contributed by atoms with Crippen molar-refractivity contribution in [2.75, 3.05) is 6.54 Å². The van der Waals surface area contributed by atoms with Crippen molar-refractivity contribution in [3.05, 3.63) is 42.1 Å². The van der Waals surface area contributed by atoms with E-state index in [1.54, 1.807) is 37.4 Å². The number of aromatic nitrogens is 1. The van der Waals surface area contributed by atoms with E-state index in [-0.39, 0.29) is 12.5 Å². The van der Waals surface area contributed by atoms with Gasteiger partial charge in [-0.15, -0.1) is 0 Å². The van der Waals surface area contributed by atoms with Crippen LogP contribution in [0.15, 0.2) is 36.5 Å². The number of pyridine rings is 1. The SMILES string of the molecule is CC(CNC(=O)c1ccc2ncccc2c1)C(=O)O. The molecule has 1 atom stereocenters. The van der Waals surface area contributed by atoms with E-state index in [9.17, 15) is 9.59 Å². The number of fused-ring (bicyclic) bond motifs is 1. The van der Waals surface area contributed by atoms with Gasteiger partial charge in [-0.1, -0.05) is 13.0 Å². The van der Waals surface area contributed by atoms with Crippen molar-refractivity contribution in [1.29, 1.82) is 0 Å². The topological polar surface area (TPSA) is 79.3 Å². The Hall–Kier alpha value is -2.43. The van der Waals surface area contributed by atoms with Gasteiger partial charge < -0.3 is 10.4 Å². The second kappa shape index (κ2) is 5.48. The highest BCUT2D eigenvalue weighted by Gasteiger charge is 2.13. The van der Waals surface area contributed by atoms with Gasteiger partial charge in [-0.25, -0.2) is 0 Å². The summed E-state index contributed by atoms with van der Waals surface area (Å²) in [4.78, 5) is 26.7. The zero-order chi connectivity index (χ0) is 13.8. The number of aliphatic carboxylic acids is 1. The average Bonchev–Trinajstić information content (AvgIpc) is 2.43. The van der Waals surface area contributed by atoms with Gasteiger partial charge in [-0.3, -0.25) is 14.6 Å². The molecular weight excluding hydrogens is 244 g/mol. The number of nitrogens with zero attached hydrogens (tertiary/aromatic N) is 1. The molecule has 0 aliphatic heterocycles. The van der Waals surface area contributed by atoms with E-state index >= 15 is 0 Å². The minimum Gasteiger partial charge on any atom is -0.481 e. The minimum atomic E-state index is -0.928. The molecule has 2 rings (SSSR count). The molecule has 0 bridgehead atoms. The fourth-order valence-electron chi connectivity index (χ4n) is 1.65. The summed E-state index contributed by atoms with van der Waals surface area (Å²) in [5.41, 5.74) is 1.32. The zero-order valence-corrected chi connectivity index (χ0v) is 10.5. The molecule has 0 aliphatic rings. The van der Waals surface area contributed by atoms with Gasteiger partial charge in [0.1, 0.15) is 0 Å². The first kappa shape index (κ1) is 13.0. The Balaban J connectivity index is 2.11. The van der Waals surface area contributed by atoms with Crippen LogP contribution < -0.4 is 5.32 Å². The van der Waals surface area contributed by atoms with Crippen LogP contribution in [0.1, 0.15) is 17.3 Å². The Morgan fingerprint density at radius 3 is 2.89 bits per heavy atom. The second-order valence-corrected chi connectivity index (χ2v) is 4.36. The van der Waals surface area contributed by atoms with Crippen molar-refractivity contribution < 1.29 is 14.7 Å². The summed E-state index contributed by atoms with van der Waals surface area (Å²) >= 11 is 0. The van der Waals surface area contributed by atoms with E-state index in [2.05, 4.69) is 10.3 Å². The fourth-order valence-corrected chi connectivity index (χ4v) is 1.65. The van der Waals surface area contributed by atoms with Crippen molar-refractivity contribution in [3.63, 3.8) is 0 Å². The van der Waals surface area contributed by atoms with Crippen LogP contribution in [0.2, 0.25) is 0 Å². The second-order valence-electron chi connectivity index (χ2n) is 4.36. The molecule has 0 saturated heterocycles. The predicted molar refractivity (Wildman–Crippen MR) is 70.9 cm³/mol. The first-order chi connectivity index (χ1) is 9.08. The first-order valence-corrected chi connectivity index (χ1v) is 5.93. The summed E-state index contributed by atoms with van der Waals surface area (Å²) < 4.78 is 0. The highest BCUT2D eigenvalue weighted by Crippen LogP contribution is 2.13. The quantitative estimate of drug-likeness (QED) is 0.874. The summed E-state index contributed by atoms with van der Waals surface area (Å²) in [6.07, 6.45) is 1.69. The number of benzene rings is 1. The fraction of sp³-hybridized carbons (Fsp3) is 0.214. The van der Waals surface area contributed by atoms with E-state index in [1.165, 1.54) is 0 Å². The van der Waals surface area contributed by atoms with Crippen molar-refractivity contribution in [2.45, 2.75) is 6.92 Å². The number of hydrogen-bond acceptors (Lipinski definition) is 3. The Morgan fingerprint density at radius 2 is 2.16 bits per heavy atom. The Kier molecular flexibility index (Phi) is 3.75. The third kappa shape index (κ3) is 3.07. The maximum atomic E-state index is 11.9. The summed E-state index contributed by atoms with van der Waals surface area (Å²) in [5.74, 6) is -1.81. The third-order valence-corrected chi connectivity index (χ3v) is 2.86. The lowest BCUT2D eigenvalue weighted by atomic mass is 10.1. The van der Waals surface area contributed by atoms with Gasteiger partial charge in [-0.05, 0) is 24.3 Å². The molecule has 2 aromatic rings. The lowest BCUT2D eigenvalue weighted by molar-refractivity contribution is -0.140. The van der Waals surface area contributed by atoms with Crippen LogP contribution in [0.3, 0.4) is 0 Å². The largest absolute Gasteiger partial charge is 0.481 e. The molecule has 0 spiro atoms. The predicted octanol–water partition coefficient (Wildman–Crippen LogP) is 1.69. The van der Waals surface area contributed by atoms with E-state index in [4.69, 9.17) is 5.11 Å². The molecule has 1 aromatic carbocycles. The molecule has 0 aliphatic carbocycles. The van der Waals surface area contributed by atoms with Crippen LogP contribution in [0, 0.1) is 5.92 Å². The van der Waals surface area contributed by atoms with Crippen LogP contribution in [0.25, 0.3) is 10.9 Å². The van der Waals surface area contributed by atoms with Crippen molar-refractivity contribution >= 4 is 22.8 Å². The van der Waals surface area contributed by atoms with Gasteiger partial charge in [0.25, 0.3) is 5.91 Å². The number of hydrogen-bond donors (Lipinski definition) is 2. The molecule has 1 unspecified atom stereocenters. The molecule has 0 fully saturated rings. The molecule has 2 N–H and O–H groups in total. The van der Waals surface area contributed by atoms with Crippen LogP contribution in [-0.2, 0) is 4.79 Å². The third-order valence-electron chi connectivity index (χ3n) is 2.86. The minimum absolute atomic E-state index is 0.110. The normalized spacial score (nSPS) is 12.1. The van der Waals surface area contributed by atoms with Gasteiger partial charge in [-0.2, -0.15) is 0 Å². The van der Waals surface area contributed by atoms with Gasteiger partial charge in [0.2, 0.25) is 0 Å². The number of nitrogens with one attached hydrogen (secondary N) is 1. The summed E-state index contributed by atoms with van der Waals surface area (Å²) in [7, 11) is 0. The van der Waals surface area contributed by atoms with E-state index in [1.807, 2.05) is 6.07 Å². The van der Waals surface area contributed by atoms with E-state index in [0.29, 0.717) is 5.56 Å². The van der Waals surface area contributed by atoms with Crippen LogP contribution in [-0.4, -0.2) is 28.5 Å². The molecule has 5 heteroatoms. The Bertz CT molecular complexity index is 625.